The van der Waals surface area contributed by atoms with Crippen molar-refractivity contribution in [3.8, 4) is 0 Å². The van der Waals surface area contributed by atoms with Crippen LogP contribution in [0.2, 0.25) is 5.02 Å². The molecule has 3 N–H and O–H groups in total. The Bertz CT molecular complexity index is 855. The molecule has 0 bridgehead atoms. The second kappa shape index (κ2) is 7.07. The first-order valence-electron chi connectivity index (χ1n) is 7.81. The molecule has 3 aromatic rings. The van der Waals surface area contributed by atoms with Gasteiger partial charge in [0.2, 0.25) is 5.91 Å². The maximum absolute atomic E-state index is 12.2. The minimum absolute atomic E-state index is 0.115. The highest BCUT2D eigenvalue weighted by molar-refractivity contribution is 6.30. The lowest BCUT2D eigenvalue weighted by Gasteiger charge is -2.12. The lowest BCUT2D eigenvalue weighted by atomic mass is 10.1. The molecule has 1 heterocycles. The van der Waals surface area contributed by atoms with E-state index < -0.39 is 6.10 Å². The van der Waals surface area contributed by atoms with Gasteiger partial charge >= 0.3 is 0 Å². The molecule has 0 radical (unpaired) electrons. The maximum atomic E-state index is 12.2. The van der Waals surface area contributed by atoms with Crippen LogP contribution in [-0.2, 0) is 11.2 Å². The van der Waals surface area contributed by atoms with Crippen LogP contribution in [0, 0.1) is 6.92 Å². The van der Waals surface area contributed by atoms with Crippen molar-refractivity contribution < 1.29 is 9.90 Å². The molecule has 2 aromatic carbocycles. The molecule has 0 saturated heterocycles. The number of aromatic amines is 1. The minimum atomic E-state index is -0.754. The van der Waals surface area contributed by atoms with Crippen molar-refractivity contribution in [3.63, 3.8) is 0 Å². The van der Waals surface area contributed by atoms with Gasteiger partial charge in [-0.25, -0.2) is 0 Å². The van der Waals surface area contributed by atoms with E-state index in [1.165, 1.54) is 0 Å². The van der Waals surface area contributed by atoms with Crippen LogP contribution < -0.4 is 5.32 Å². The Hall–Kier alpha value is -2.30. The zero-order chi connectivity index (χ0) is 17.1. The zero-order valence-electron chi connectivity index (χ0n) is 13.3. The summed E-state index contributed by atoms with van der Waals surface area (Å²) in [7, 11) is 0. The van der Waals surface area contributed by atoms with Crippen molar-refractivity contribution in [3.05, 3.63) is 70.4 Å². The molecule has 0 saturated carbocycles. The Labute approximate surface area is 145 Å². The maximum Gasteiger partial charge on any atom is 0.224 e. The predicted octanol–water partition coefficient (Wildman–Crippen LogP) is 3.52. The van der Waals surface area contributed by atoms with Gasteiger partial charge < -0.3 is 15.4 Å². The van der Waals surface area contributed by atoms with Gasteiger partial charge in [-0.1, -0.05) is 41.9 Å². The van der Waals surface area contributed by atoms with Crippen molar-refractivity contribution in [2.75, 3.05) is 6.54 Å². The SMILES string of the molecule is Cc1[nH]c2ccccc2c1CC(=O)NCC(O)c1ccc(Cl)cc1. The van der Waals surface area contributed by atoms with E-state index in [0.717, 1.165) is 27.7 Å². The number of H-pyrrole nitrogens is 1. The number of hydrogen-bond acceptors (Lipinski definition) is 2. The van der Waals surface area contributed by atoms with Gasteiger partial charge in [0.1, 0.15) is 0 Å². The van der Waals surface area contributed by atoms with Gasteiger partial charge in [-0.15, -0.1) is 0 Å². The summed E-state index contributed by atoms with van der Waals surface area (Å²) in [6.07, 6.45) is -0.473. The number of para-hydroxylation sites is 1. The van der Waals surface area contributed by atoms with Crippen LogP contribution in [0.4, 0.5) is 0 Å². The van der Waals surface area contributed by atoms with Gasteiger partial charge in [0.05, 0.1) is 12.5 Å². The molecule has 0 aliphatic carbocycles. The lowest BCUT2D eigenvalue weighted by Crippen LogP contribution is -2.29. The van der Waals surface area contributed by atoms with Crippen molar-refractivity contribution in [2.24, 2.45) is 0 Å². The van der Waals surface area contributed by atoms with Crippen molar-refractivity contribution in [1.82, 2.24) is 10.3 Å². The van der Waals surface area contributed by atoms with Crippen LogP contribution >= 0.6 is 11.6 Å². The summed E-state index contributed by atoms with van der Waals surface area (Å²) in [4.78, 5) is 15.5. The van der Waals surface area contributed by atoms with E-state index in [1.807, 2.05) is 31.2 Å². The van der Waals surface area contributed by atoms with Gasteiger partial charge in [-0.2, -0.15) is 0 Å². The number of aliphatic hydroxyl groups excluding tert-OH is 1. The summed E-state index contributed by atoms with van der Waals surface area (Å²) in [5.74, 6) is -0.115. The molecule has 0 aliphatic rings. The number of amides is 1. The lowest BCUT2D eigenvalue weighted by molar-refractivity contribution is -0.120. The van der Waals surface area contributed by atoms with Crippen LogP contribution in [0.3, 0.4) is 0 Å². The fourth-order valence-electron chi connectivity index (χ4n) is 2.80. The number of aliphatic hydroxyl groups is 1. The molecule has 0 spiro atoms. The average molecular weight is 343 g/mol. The first-order valence-corrected chi connectivity index (χ1v) is 8.19. The van der Waals surface area contributed by atoms with E-state index >= 15 is 0 Å². The molecule has 4 nitrogen and oxygen atoms in total. The molecule has 24 heavy (non-hydrogen) atoms. The Morgan fingerprint density at radius 3 is 2.67 bits per heavy atom. The van der Waals surface area contributed by atoms with Gasteiger partial charge in [-0.05, 0) is 36.2 Å². The van der Waals surface area contributed by atoms with E-state index in [2.05, 4.69) is 10.3 Å². The van der Waals surface area contributed by atoms with Crippen LogP contribution in [0.25, 0.3) is 10.9 Å². The Balaban J connectivity index is 1.63. The Morgan fingerprint density at radius 1 is 1.21 bits per heavy atom. The Morgan fingerprint density at radius 2 is 1.92 bits per heavy atom. The van der Waals surface area contributed by atoms with Crippen LogP contribution in [-0.4, -0.2) is 22.5 Å². The quantitative estimate of drug-likeness (QED) is 0.664. The summed E-state index contributed by atoms with van der Waals surface area (Å²) in [6.45, 7) is 2.13. The monoisotopic (exact) mass is 342 g/mol. The third-order valence-electron chi connectivity index (χ3n) is 4.11. The Kier molecular flexibility index (Phi) is 4.88. The number of nitrogens with one attached hydrogen (secondary N) is 2. The number of benzene rings is 2. The number of hydrogen-bond donors (Lipinski definition) is 3. The molecule has 5 heteroatoms. The number of fused-ring (bicyclic) bond motifs is 1. The van der Waals surface area contributed by atoms with E-state index in [1.54, 1.807) is 24.3 Å². The molecule has 1 atom stereocenters. The van der Waals surface area contributed by atoms with Gasteiger partial charge in [-0.3, -0.25) is 4.79 Å². The summed E-state index contributed by atoms with van der Waals surface area (Å²) in [5.41, 5.74) is 3.73. The first-order chi connectivity index (χ1) is 11.5. The smallest absolute Gasteiger partial charge is 0.224 e. The number of carbonyl (C=O) groups is 1. The third-order valence-corrected chi connectivity index (χ3v) is 4.36. The van der Waals surface area contributed by atoms with E-state index in [0.29, 0.717) is 5.02 Å². The predicted molar refractivity (Wildman–Crippen MR) is 96.2 cm³/mol. The molecule has 3 rings (SSSR count). The largest absolute Gasteiger partial charge is 0.387 e. The van der Waals surface area contributed by atoms with Crippen molar-refractivity contribution >= 4 is 28.4 Å². The van der Waals surface area contributed by atoms with E-state index in [9.17, 15) is 9.90 Å². The van der Waals surface area contributed by atoms with Crippen LogP contribution in [0.15, 0.2) is 48.5 Å². The minimum Gasteiger partial charge on any atom is -0.387 e. The molecular weight excluding hydrogens is 324 g/mol. The van der Waals surface area contributed by atoms with Gasteiger partial charge in [0, 0.05) is 28.2 Å². The second-order valence-corrected chi connectivity index (χ2v) is 6.26. The number of aromatic nitrogens is 1. The summed E-state index contributed by atoms with van der Waals surface area (Å²) < 4.78 is 0. The summed E-state index contributed by atoms with van der Waals surface area (Å²) >= 11 is 5.83. The first kappa shape index (κ1) is 16.6. The second-order valence-electron chi connectivity index (χ2n) is 5.82. The zero-order valence-corrected chi connectivity index (χ0v) is 14.1. The molecule has 124 valence electrons. The molecule has 0 aliphatic heterocycles. The fraction of sp³-hybridized carbons (Fsp3) is 0.211. The number of aryl methyl sites for hydroxylation is 1. The molecule has 1 amide bonds. The molecule has 0 fully saturated rings. The van der Waals surface area contributed by atoms with Crippen molar-refractivity contribution in [1.29, 1.82) is 0 Å². The van der Waals surface area contributed by atoms with Crippen LogP contribution in [0.5, 0.6) is 0 Å². The highest BCUT2D eigenvalue weighted by Gasteiger charge is 2.14. The van der Waals surface area contributed by atoms with E-state index in [-0.39, 0.29) is 18.9 Å². The van der Waals surface area contributed by atoms with Crippen molar-refractivity contribution in [2.45, 2.75) is 19.4 Å². The highest BCUT2D eigenvalue weighted by Crippen LogP contribution is 2.22. The third kappa shape index (κ3) is 3.61. The number of rotatable bonds is 5. The van der Waals surface area contributed by atoms with Gasteiger partial charge in [0.15, 0.2) is 0 Å². The molecule has 1 aromatic heterocycles. The van der Waals surface area contributed by atoms with Crippen LogP contribution in [0.1, 0.15) is 22.9 Å². The average Bonchev–Trinajstić information content (AvgIpc) is 2.89. The number of carbonyl (C=O) groups excluding carboxylic acids is 1. The highest BCUT2D eigenvalue weighted by atomic mass is 35.5. The topological polar surface area (TPSA) is 65.1 Å². The van der Waals surface area contributed by atoms with E-state index in [4.69, 9.17) is 11.6 Å². The summed E-state index contributed by atoms with van der Waals surface area (Å²) in [6, 6.07) is 14.9. The van der Waals surface area contributed by atoms with Gasteiger partial charge in [0.25, 0.3) is 0 Å². The number of halogens is 1. The molecule has 1 unspecified atom stereocenters. The normalized spacial score (nSPS) is 12.3. The summed E-state index contributed by atoms with van der Waals surface area (Å²) in [5, 5.41) is 14.6. The fourth-order valence-corrected chi connectivity index (χ4v) is 2.92. The standard InChI is InChI=1S/C19H19ClN2O2/c1-12-16(15-4-2-3-5-17(15)22-12)10-19(24)21-11-18(23)13-6-8-14(20)9-7-13/h2-9,18,22-23H,10-11H2,1H3,(H,21,24). The molecular formula is C19H19ClN2O2.